The van der Waals surface area contributed by atoms with Crippen molar-refractivity contribution in [3.63, 3.8) is 0 Å². The highest BCUT2D eigenvalue weighted by Crippen LogP contribution is 2.21. The Hall–Kier alpha value is 0.540. The molecule has 0 aromatic rings. The summed E-state index contributed by atoms with van der Waals surface area (Å²) >= 11 is 4.23. The third kappa shape index (κ3) is 31.8. The van der Waals surface area contributed by atoms with Crippen molar-refractivity contribution in [2.45, 2.75) is 161 Å². The van der Waals surface area contributed by atoms with E-state index in [4.69, 9.17) is 4.74 Å². The lowest BCUT2D eigenvalue weighted by Crippen LogP contribution is -2.33. The number of aliphatic hydroxyl groups is 1. The van der Waals surface area contributed by atoms with Crippen molar-refractivity contribution in [1.82, 2.24) is 10.2 Å². The zero-order valence-corrected chi connectivity index (χ0v) is 29.9. The predicted octanol–water partition coefficient (Wildman–Crippen LogP) is 9.58. The largest absolute Gasteiger partial charge is 0.389 e. The molecule has 0 radical (unpaired) electrons. The Bertz CT molecular complexity index is 483. The van der Waals surface area contributed by atoms with Gasteiger partial charge in [0, 0.05) is 17.5 Å². The van der Waals surface area contributed by atoms with E-state index in [9.17, 15) is 5.11 Å². The van der Waals surface area contributed by atoms with E-state index in [1.54, 1.807) is 0 Å². The second-order valence-electron chi connectivity index (χ2n) is 12.0. The summed E-state index contributed by atoms with van der Waals surface area (Å²) in [6, 6.07) is 0. The highest BCUT2D eigenvalue weighted by molar-refractivity contribution is 8.03. The van der Waals surface area contributed by atoms with Gasteiger partial charge in [0.1, 0.15) is 0 Å². The summed E-state index contributed by atoms with van der Waals surface area (Å²) in [6.45, 7) is 15.2. The molecule has 2 N–H and O–H groups in total. The van der Waals surface area contributed by atoms with Gasteiger partial charge in [0.05, 0.1) is 19.3 Å². The Balaban J connectivity index is 4.07. The molecular weight excluding hydrogens is 545 g/mol. The van der Waals surface area contributed by atoms with Crippen molar-refractivity contribution in [2.24, 2.45) is 0 Å². The lowest BCUT2D eigenvalue weighted by molar-refractivity contribution is 0.0390. The van der Waals surface area contributed by atoms with Gasteiger partial charge in [-0.05, 0) is 56.9 Å². The molecule has 0 aliphatic rings. The molecule has 0 amide bonds. The highest BCUT2D eigenvalue weighted by atomic mass is 32.2. The molecule has 0 aromatic heterocycles. The van der Waals surface area contributed by atoms with Crippen LogP contribution in [-0.4, -0.2) is 84.6 Å². The lowest BCUT2D eigenvalue weighted by atomic mass is 10.1. The molecule has 0 spiro atoms. The van der Waals surface area contributed by atoms with Gasteiger partial charge < -0.3 is 20.1 Å². The smallest absolute Gasteiger partial charge is 0.0897 e. The maximum atomic E-state index is 10.4. The maximum Gasteiger partial charge on any atom is 0.0897 e. The van der Waals surface area contributed by atoms with Crippen LogP contribution in [-0.2, 0) is 4.74 Å². The van der Waals surface area contributed by atoms with E-state index in [1.807, 2.05) is 0 Å². The molecule has 0 rings (SSSR count). The summed E-state index contributed by atoms with van der Waals surface area (Å²) in [5.41, 5.74) is 0. The number of thioether (sulfide) groups is 2. The number of nitrogens with one attached hydrogen (secondary N) is 1. The van der Waals surface area contributed by atoms with Crippen LogP contribution in [0.1, 0.15) is 150 Å². The Kier molecular flexibility index (Phi) is 35.5. The average Bonchev–Trinajstić information content (AvgIpc) is 2.98. The van der Waals surface area contributed by atoms with Crippen molar-refractivity contribution >= 4 is 23.5 Å². The number of ether oxygens (including phenoxy) is 1. The maximum absolute atomic E-state index is 10.4. The second-order valence-corrected chi connectivity index (χ2v) is 14.6. The Labute approximate surface area is 267 Å². The van der Waals surface area contributed by atoms with E-state index < -0.39 is 6.10 Å². The van der Waals surface area contributed by atoms with Crippen LogP contribution in [0.3, 0.4) is 0 Å². The summed E-state index contributed by atoms with van der Waals surface area (Å²) in [7, 11) is 0. The van der Waals surface area contributed by atoms with Crippen LogP contribution in [0.25, 0.3) is 0 Å². The Morgan fingerprint density at radius 3 is 1.68 bits per heavy atom. The molecule has 0 saturated heterocycles. The van der Waals surface area contributed by atoms with Crippen LogP contribution in [0.4, 0.5) is 0 Å². The zero-order chi connectivity index (χ0) is 30.1. The van der Waals surface area contributed by atoms with Gasteiger partial charge in [0.2, 0.25) is 0 Å². The van der Waals surface area contributed by atoms with Gasteiger partial charge >= 0.3 is 0 Å². The molecule has 6 heteroatoms. The first-order valence-electron chi connectivity index (χ1n) is 18.1. The van der Waals surface area contributed by atoms with Gasteiger partial charge in [0.25, 0.3) is 0 Å². The Morgan fingerprint density at radius 2 is 1.15 bits per heavy atom. The molecule has 248 valence electrons. The molecule has 0 aromatic carbocycles. The van der Waals surface area contributed by atoms with Crippen molar-refractivity contribution in [3.05, 3.63) is 0 Å². The highest BCUT2D eigenvalue weighted by Gasteiger charge is 2.12. The molecule has 0 bridgehead atoms. The monoisotopic (exact) mass is 619 g/mol. The molecule has 0 aliphatic heterocycles. The molecule has 41 heavy (non-hydrogen) atoms. The van der Waals surface area contributed by atoms with E-state index in [0.29, 0.717) is 18.4 Å². The first-order valence-corrected chi connectivity index (χ1v) is 20.3. The van der Waals surface area contributed by atoms with E-state index in [-0.39, 0.29) is 0 Å². The van der Waals surface area contributed by atoms with Crippen molar-refractivity contribution in [1.29, 1.82) is 0 Å². The van der Waals surface area contributed by atoms with Gasteiger partial charge in [-0.2, -0.15) is 23.5 Å². The van der Waals surface area contributed by atoms with Crippen LogP contribution in [0, 0.1) is 0 Å². The quantitative estimate of drug-likeness (QED) is 0.0690. The first kappa shape index (κ1) is 41.5. The predicted molar refractivity (Wildman–Crippen MR) is 190 cm³/mol. The van der Waals surface area contributed by atoms with E-state index in [2.05, 4.69) is 61.4 Å². The van der Waals surface area contributed by atoms with Crippen molar-refractivity contribution in [3.8, 4) is 0 Å². The fourth-order valence-corrected chi connectivity index (χ4v) is 7.67. The summed E-state index contributed by atoms with van der Waals surface area (Å²) < 4.78 is 6.05. The summed E-state index contributed by atoms with van der Waals surface area (Å²) in [4.78, 5) is 2.45. The van der Waals surface area contributed by atoms with Crippen LogP contribution in [0.2, 0.25) is 0 Å². The minimum absolute atomic E-state index is 0.416. The third-order valence-corrected chi connectivity index (χ3v) is 10.7. The molecule has 0 aliphatic carbocycles. The molecule has 4 nitrogen and oxygen atoms in total. The first-order chi connectivity index (χ1) is 20.2. The summed E-state index contributed by atoms with van der Waals surface area (Å²) in [6.07, 6.45) is 25.9. The fraction of sp³-hybridized carbons (Fsp3) is 1.00. The molecular formula is C35H74N2O2S2. The number of aliphatic hydroxyl groups excluding tert-OH is 1. The van der Waals surface area contributed by atoms with Crippen LogP contribution in [0.5, 0.6) is 0 Å². The standard InChI is InChI=1S/C35H74N2O2S2/c1-5-9-11-13-15-17-19-21-23-28-40-33-35(41-29-24-22-20-18-16-14-12-10-6-2)32-39-31-34(38)30-36-26-25-27-37(7-3)8-4/h34-36,38H,5-33H2,1-4H3. The number of unbranched alkanes of at least 4 members (excludes halogenated alkanes) is 16. The minimum Gasteiger partial charge on any atom is -0.389 e. The molecule has 0 heterocycles. The van der Waals surface area contributed by atoms with Crippen LogP contribution in [0.15, 0.2) is 0 Å². The van der Waals surface area contributed by atoms with Crippen LogP contribution < -0.4 is 5.32 Å². The molecule has 2 atom stereocenters. The van der Waals surface area contributed by atoms with Gasteiger partial charge in [0.15, 0.2) is 0 Å². The molecule has 0 saturated carbocycles. The Morgan fingerprint density at radius 1 is 0.634 bits per heavy atom. The summed E-state index contributed by atoms with van der Waals surface area (Å²) in [5.74, 6) is 3.71. The number of hydrogen-bond donors (Lipinski definition) is 2. The van der Waals surface area contributed by atoms with Gasteiger partial charge in [-0.1, -0.05) is 130 Å². The van der Waals surface area contributed by atoms with Crippen LogP contribution >= 0.6 is 23.5 Å². The van der Waals surface area contributed by atoms with E-state index in [1.165, 1.54) is 133 Å². The van der Waals surface area contributed by atoms with Gasteiger partial charge in [-0.15, -0.1) is 0 Å². The second kappa shape index (κ2) is 35.0. The lowest BCUT2D eigenvalue weighted by Gasteiger charge is -2.19. The molecule has 0 fully saturated rings. The van der Waals surface area contributed by atoms with Gasteiger partial charge in [-0.3, -0.25) is 0 Å². The fourth-order valence-electron chi connectivity index (χ4n) is 5.17. The van der Waals surface area contributed by atoms with Crippen molar-refractivity contribution < 1.29 is 9.84 Å². The SMILES string of the molecule is CCCCCCCCCCCSCC(COCC(O)CNCCCN(CC)CC)SCCCCCCCCCCC. The number of rotatable bonds is 35. The topological polar surface area (TPSA) is 44.7 Å². The normalized spacial score (nSPS) is 13.3. The average molecular weight is 619 g/mol. The van der Waals surface area contributed by atoms with Gasteiger partial charge in [-0.25, -0.2) is 0 Å². The molecule has 2 unspecified atom stereocenters. The third-order valence-electron chi connectivity index (χ3n) is 8.01. The van der Waals surface area contributed by atoms with E-state index >= 15 is 0 Å². The minimum atomic E-state index is -0.416. The van der Waals surface area contributed by atoms with Crippen molar-refractivity contribution in [2.75, 3.05) is 63.2 Å². The zero-order valence-electron chi connectivity index (χ0n) is 28.3. The number of hydrogen-bond acceptors (Lipinski definition) is 6. The summed E-state index contributed by atoms with van der Waals surface area (Å²) in [5, 5.41) is 14.3. The number of nitrogens with zero attached hydrogens (tertiary/aromatic N) is 1. The van der Waals surface area contributed by atoms with E-state index in [0.717, 1.165) is 39.2 Å².